The summed E-state index contributed by atoms with van der Waals surface area (Å²) in [4.78, 5) is 14.3. The summed E-state index contributed by atoms with van der Waals surface area (Å²) in [6.07, 6.45) is 2.38. The zero-order chi connectivity index (χ0) is 9.14. The molecule has 1 N–H and O–H groups in total. The Labute approximate surface area is 74.3 Å². The van der Waals surface area contributed by atoms with Gasteiger partial charge >= 0.3 is 6.03 Å². The molecule has 3 heteroatoms. The second-order valence-corrected chi connectivity index (χ2v) is 3.99. The van der Waals surface area contributed by atoms with Crippen LogP contribution in [0.4, 0.5) is 4.79 Å². The molecule has 2 amide bonds. The Hall–Kier alpha value is -0.570. The number of hydrogen-bond donors (Lipinski definition) is 1. The molecule has 1 saturated heterocycles. The molecule has 0 aromatic carbocycles. The monoisotopic (exact) mass is 171 g/mol. The van der Waals surface area contributed by atoms with Gasteiger partial charge in [-0.05, 0) is 18.8 Å². The topological polar surface area (TPSA) is 24.8 Å². The quantitative estimate of drug-likeness (QED) is 0.544. The molecule has 1 fully saturated rings. The highest BCUT2D eigenvalue weighted by molar-refractivity contribution is 5.63. The summed E-state index contributed by atoms with van der Waals surface area (Å²) in [7, 11) is 3.65. The van der Waals surface area contributed by atoms with E-state index in [1.54, 1.807) is 4.90 Å². The first kappa shape index (κ1) is 9.52. The Morgan fingerprint density at radius 3 is 2.25 bits per heavy atom. The lowest BCUT2D eigenvalue weighted by Gasteiger charge is -2.26. The van der Waals surface area contributed by atoms with Gasteiger partial charge in [-0.25, -0.2) is 4.79 Å². The molecule has 3 nitrogen and oxygen atoms in total. The van der Waals surface area contributed by atoms with Gasteiger partial charge in [0.2, 0.25) is 0 Å². The number of urea groups is 1. The van der Waals surface area contributed by atoms with Gasteiger partial charge in [0.15, 0.2) is 0 Å². The molecule has 0 aliphatic carbocycles. The standard InChI is InChI=1S/C9H18N2O/c1-8-4-6-11(7-5-8)9(12)10(2)3/h8H,4-7H2,1-3H3/p+1. The predicted molar refractivity (Wildman–Crippen MR) is 48.2 cm³/mol. The van der Waals surface area contributed by atoms with Crippen molar-refractivity contribution < 1.29 is 9.69 Å². The van der Waals surface area contributed by atoms with Crippen molar-refractivity contribution in [3.8, 4) is 0 Å². The highest BCUT2D eigenvalue weighted by Gasteiger charge is 2.26. The van der Waals surface area contributed by atoms with Crippen molar-refractivity contribution in [1.82, 2.24) is 4.90 Å². The molecule has 0 bridgehead atoms. The average molecular weight is 171 g/mol. The van der Waals surface area contributed by atoms with E-state index >= 15 is 0 Å². The largest absolute Gasteiger partial charge is 0.416 e. The van der Waals surface area contributed by atoms with E-state index in [1.807, 2.05) is 14.1 Å². The summed E-state index contributed by atoms with van der Waals surface area (Å²) in [6.45, 7) is 4.28. The third-order valence-electron chi connectivity index (χ3n) is 2.59. The molecule has 0 aromatic heterocycles. The molecule has 70 valence electrons. The molecule has 0 saturated carbocycles. The predicted octanol–water partition coefficient (Wildman–Crippen LogP) is -0.0172. The first-order valence-electron chi connectivity index (χ1n) is 4.67. The van der Waals surface area contributed by atoms with E-state index in [2.05, 4.69) is 6.92 Å². The number of quaternary nitrogens is 1. The molecule has 0 radical (unpaired) electrons. The molecular formula is C9H19N2O+. The van der Waals surface area contributed by atoms with Crippen LogP contribution in [0.1, 0.15) is 19.8 Å². The van der Waals surface area contributed by atoms with Gasteiger partial charge in [-0.2, -0.15) is 0 Å². The molecule has 0 atom stereocenters. The summed E-state index contributed by atoms with van der Waals surface area (Å²) in [6, 6.07) is 0.238. The van der Waals surface area contributed by atoms with Gasteiger partial charge in [0, 0.05) is 14.1 Å². The maximum atomic E-state index is 11.5. The second-order valence-electron chi connectivity index (χ2n) is 3.99. The van der Waals surface area contributed by atoms with Crippen molar-refractivity contribution in [2.45, 2.75) is 19.8 Å². The maximum absolute atomic E-state index is 11.5. The SMILES string of the molecule is CC1CC[NH+](C(=O)N(C)C)CC1. The van der Waals surface area contributed by atoms with Gasteiger partial charge in [0.05, 0.1) is 13.1 Å². The van der Waals surface area contributed by atoms with Crippen molar-refractivity contribution in [2.75, 3.05) is 27.2 Å². The lowest BCUT2D eigenvalue weighted by molar-refractivity contribution is -0.826. The van der Waals surface area contributed by atoms with E-state index in [9.17, 15) is 4.79 Å². The number of nitrogens with one attached hydrogen (secondary N) is 1. The van der Waals surface area contributed by atoms with Gasteiger partial charge in [-0.15, -0.1) is 0 Å². The van der Waals surface area contributed by atoms with E-state index in [0.29, 0.717) is 0 Å². The fourth-order valence-electron chi connectivity index (χ4n) is 1.64. The maximum Gasteiger partial charge on any atom is 0.416 e. The van der Waals surface area contributed by atoms with Crippen molar-refractivity contribution in [2.24, 2.45) is 5.92 Å². The number of carbonyl (C=O) groups is 1. The first-order chi connectivity index (χ1) is 5.61. The summed E-state index contributed by atoms with van der Waals surface area (Å²) in [5.74, 6) is 0.809. The van der Waals surface area contributed by atoms with Gasteiger partial charge in [-0.3, -0.25) is 9.80 Å². The smallest absolute Gasteiger partial charge is 0.299 e. The Morgan fingerprint density at radius 1 is 1.33 bits per heavy atom. The van der Waals surface area contributed by atoms with E-state index < -0.39 is 0 Å². The average Bonchev–Trinajstić information content (AvgIpc) is 2.04. The van der Waals surface area contributed by atoms with Gasteiger partial charge in [0.1, 0.15) is 0 Å². The van der Waals surface area contributed by atoms with Gasteiger partial charge in [0.25, 0.3) is 0 Å². The molecule has 12 heavy (non-hydrogen) atoms. The second kappa shape index (κ2) is 3.90. The molecule has 1 aliphatic rings. The van der Waals surface area contributed by atoms with Gasteiger partial charge < -0.3 is 0 Å². The normalized spacial score (nSPS) is 29.9. The van der Waals surface area contributed by atoms with E-state index in [1.165, 1.54) is 12.8 Å². The lowest BCUT2D eigenvalue weighted by atomic mass is 10.00. The summed E-state index contributed by atoms with van der Waals surface area (Å²) < 4.78 is 0. The highest BCUT2D eigenvalue weighted by Crippen LogP contribution is 2.06. The Kier molecular flexibility index (Phi) is 3.09. The number of piperidine rings is 1. The number of nitrogens with zero attached hydrogens (tertiary/aromatic N) is 1. The van der Waals surface area contributed by atoms with Crippen LogP contribution in [0.25, 0.3) is 0 Å². The van der Waals surface area contributed by atoms with E-state index in [-0.39, 0.29) is 6.03 Å². The Bertz CT molecular complexity index is 160. The van der Waals surface area contributed by atoms with Crippen LogP contribution in [0.5, 0.6) is 0 Å². The van der Waals surface area contributed by atoms with Crippen molar-refractivity contribution in [1.29, 1.82) is 0 Å². The minimum absolute atomic E-state index is 0.238. The minimum Gasteiger partial charge on any atom is -0.299 e. The third kappa shape index (κ3) is 2.21. The van der Waals surface area contributed by atoms with Crippen LogP contribution in [0.3, 0.4) is 0 Å². The van der Waals surface area contributed by atoms with Crippen LogP contribution >= 0.6 is 0 Å². The summed E-state index contributed by atoms with van der Waals surface area (Å²) in [5.41, 5.74) is 0. The zero-order valence-electron chi connectivity index (χ0n) is 8.26. The summed E-state index contributed by atoms with van der Waals surface area (Å²) in [5, 5.41) is 0. The van der Waals surface area contributed by atoms with Crippen LogP contribution < -0.4 is 4.90 Å². The number of hydrogen-bond acceptors (Lipinski definition) is 1. The molecule has 1 rings (SSSR count). The highest BCUT2D eigenvalue weighted by atomic mass is 16.2. The van der Waals surface area contributed by atoms with Crippen LogP contribution in [0.15, 0.2) is 0 Å². The van der Waals surface area contributed by atoms with Crippen LogP contribution in [0, 0.1) is 5.92 Å². The fourth-order valence-corrected chi connectivity index (χ4v) is 1.64. The number of carbonyl (C=O) groups excluding carboxylic acids is 1. The fraction of sp³-hybridized carbons (Fsp3) is 0.889. The summed E-state index contributed by atoms with van der Waals surface area (Å²) >= 11 is 0. The van der Waals surface area contributed by atoms with Gasteiger partial charge in [-0.1, -0.05) is 6.92 Å². The minimum atomic E-state index is 0.238. The Morgan fingerprint density at radius 2 is 1.83 bits per heavy atom. The Balaban J connectivity index is 2.39. The lowest BCUT2D eigenvalue weighted by Crippen LogP contribution is -3.16. The number of likely N-dealkylation sites (tertiary alicyclic amines) is 1. The zero-order valence-corrected chi connectivity index (χ0v) is 8.26. The van der Waals surface area contributed by atoms with Crippen molar-refractivity contribution >= 4 is 6.03 Å². The molecule has 1 heterocycles. The first-order valence-corrected chi connectivity index (χ1v) is 4.67. The van der Waals surface area contributed by atoms with E-state index in [0.717, 1.165) is 23.9 Å². The molecule has 1 aliphatic heterocycles. The van der Waals surface area contributed by atoms with E-state index in [4.69, 9.17) is 0 Å². The van der Waals surface area contributed by atoms with Crippen molar-refractivity contribution in [3.05, 3.63) is 0 Å². The molecule has 0 aromatic rings. The molecule has 0 spiro atoms. The van der Waals surface area contributed by atoms with Crippen molar-refractivity contribution in [3.63, 3.8) is 0 Å². The van der Waals surface area contributed by atoms with Crippen LogP contribution in [-0.2, 0) is 0 Å². The number of amides is 2. The molecule has 0 unspecified atom stereocenters. The van der Waals surface area contributed by atoms with Crippen LogP contribution in [0.2, 0.25) is 0 Å². The third-order valence-corrected chi connectivity index (χ3v) is 2.59. The molecular weight excluding hydrogens is 152 g/mol. The van der Waals surface area contributed by atoms with Crippen LogP contribution in [-0.4, -0.2) is 38.1 Å². The number of rotatable bonds is 0.